The summed E-state index contributed by atoms with van der Waals surface area (Å²) in [4.78, 5) is 13.6. The number of likely N-dealkylation sites (tertiary alicyclic amines) is 1. The van der Waals surface area contributed by atoms with Gasteiger partial charge in [0, 0.05) is 19.2 Å². The lowest BCUT2D eigenvalue weighted by molar-refractivity contribution is -0.128. The molecular formula is C14H17NO. The molecule has 1 aromatic rings. The number of carbonyl (C=O) groups is 1. The molecule has 2 heteroatoms. The number of hydrogen-bond acceptors (Lipinski definition) is 1. The molecule has 0 aromatic heterocycles. The molecule has 0 N–H and O–H groups in total. The van der Waals surface area contributed by atoms with Crippen molar-refractivity contribution in [3.05, 3.63) is 42.1 Å². The van der Waals surface area contributed by atoms with Crippen LogP contribution in [0.3, 0.4) is 0 Å². The fourth-order valence-corrected chi connectivity index (χ4v) is 1.90. The average molecular weight is 215 g/mol. The van der Waals surface area contributed by atoms with Gasteiger partial charge in [0.1, 0.15) is 0 Å². The zero-order valence-corrected chi connectivity index (χ0v) is 9.43. The lowest BCUT2D eigenvalue weighted by atomic mass is 10.2. The number of carbonyl (C=O) groups excluding carboxylic acids is 1. The summed E-state index contributed by atoms with van der Waals surface area (Å²) < 4.78 is 0. The largest absolute Gasteiger partial charge is 0.319 e. The van der Waals surface area contributed by atoms with Crippen LogP contribution >= 0.6 is 0 Å². The van der Waals surface area contributed by atoms with E-state index in [1.54, 1.807) is 0 Å². The summed E-state index contributed by atoms with van der Waals surface area (Å²) in [5.74, 6) is 0.254. The van der Waals surface area contributed by atoms with Crippen molar-refractivity contribution < 1.29 is 4.79 Å². The molecule has 1 aliphatic rings. The standard InChI is InChI=1S/C14H17NO/c16-14-9-5-2-6-11-15(14)12-10-13-7-3-1-4-8-13/h1,3-4,7-8,10,12H,2,5-6,9,11H2/b12-10+. The van der Waals surface area contributed by atoms with Gasteiger partial charge >= 0.3 is 0 Å². The Balaban J connectivity index is 2.02. The fourth-order valence-electron chi connectivity index (χ4n) is 1.90. The van der Waals surface area contributed by atoms with Crippen molar-refractivity contribution in [3.8, 4) is 0 Å². The molecule has 0 aliphatic carbocycles. The Morgan fingerprint density at radius 2 is 1.88 bits per heavy atom. The zero-order chi connectivity index (χ0) is 11.2. The van der Waals surface area contributed by atoms with Crippen molar-refractivity contribution in [1.29, 1.82) is 0 Å². The Bertz CT molecular complexity index is 370. The molecule has 2 nitrogen and oxygen atoms in total. The summed E-state index contributed by atoms with van der Waals surface area (Å²) in [6, 6.07) is 10.1. The summed E-state index contributed by atoms with van der Waals surface area (Å²) in [5, 5.41) is 0. The minimum atomic E-state index is 0.254. The molecule has 1 aliphatic heterocycles. The van der Waals surface area contributed by atoms with Gasteiger partial charge in [-0.05, 0) is 24.5 Å². The Morgan fingerprint density at radius 1 is 1.06 bits per heavy atom. The molecule has 84 valence electrons. The van der Waals surface area contributed by atoms with Crippen LogP contribution in [-0.4, -0.2) is 17.4 Å². The van der Waals surface area contributed by atoms with Crippen LogP contribution in [0, 0.1) is 0 Å². The molecule has 1 heterocycles. The van der Waals surface area contributed by atoms with Gasteiger partial charge in [-0.3, -0.25) is 4.79 Å². The van der Waals surface area contributed by atoms with E-state index in [-0.39, 0.29) is 5.91 Å². The molecular weight excluding hydrogens is 198 g/mol. The van der Waals surface area contributed by atoms with E-state index in [2.05, 4.69) is 0 Å². The molecule has 0 bridgehead atoms. The van der Waals surface area contributed by atoms with Crippen LogP contribution in [0.25, 0.3) is 6.08 Å². The highest BCUT2D eigenvalue weighted by Gasteiger charge is 2.13. The molecule has 16 heavy (non-hydrogen) atoms. The highest BCUT2D eigenvalue weighted by Crippen LogP contribution is 2.12. The molecule has 1 amide bonds. The van der Waals surface area contributed by atoms with Crippen molar-refractivity contribution >= 4 is 12.0 Å². The summed E-state index contributed by atoms with van der Waals surface area (Å²) in [6.07, 6.45) is 7.94. The van der Waals surface area contributed by atoms with Gasteiger partial charge in [-0.15, -0.1) is 0 Å². The second-order valence-electron chi connectivity index (χ2n) is 4.12. The predicted octanol–water partition coefficient (Wildman–Crippen LogP) is 3.06. The maximum atomic E-state index is 11.7. The van der Waals surface area contributed by atoms with Crippen LogP contribution in [0.1, 0.15) is 31.2 Å². The first-order valence-corrected chi connectivity index (χ1v) is 5.89. The van der Waals surface area contributed by atoms with E-state index in [0.29, 0.717) is 6.42 Å². The summed E-state index contributed by atoms with van der Waals surface area (Å²) >= 11 is 0. The Hall–Kier alpha value is -1.57. The molecule has 1 aromatic carbocycles. The second-order valence-corrected chi connectivity index (χ2v) is 4.12. The average Bonchev–Trinajstić information content (AvgIpc) is 2.53. The van der Waals surface area contributed by atoms with Crippen molar-refractivity contribution in [2.24, 2.45) is 0 Å². The van der Waals surface area contributed by atoms with E-state index in [0.717, 1.165) is 24.9 Å². The van der Waals surface area contributed by atoms with Gasteiger partial charge in [-0.25, -0.2) is 0 Å². The monoisotopic (exact) mass is 215 g/mol. The van der Waals surface area contributed by atoms with Gasteiger partial charge in [-0.2, -0.15) is 0 Å². The van der Waals surface area contributed by atoms with Crippen LogP contribution in [0.5, 0.6) is 0 Å². The molecule has 0 spiro atoms. The first-order chi connectivity index (χ1) is 7.86. The minimum absolute atomic E-state index is 0.254. The molecule has 1 fully saturated rings. The summed E-state index contributed by atoms with van der Waals surface area (Å²) in [7, 11) is 0. The number of nitrogens with zero attached hydrogens (tertiary/aromatic N) is 1. The molecule has 0 atom stereocenters. The van der Waals surface area contributed by atoms with Crippen LogP contribution in [0.2, 0.25) is 0 Å². The molecule has 2 rings (SSSR count). The van der Waals surface area contributed by atoms with Gasteiger partial charge in [0.2, 0.25) is 5.91 Å². The molecule has 1 saturated heterocycles. The van der Waals surface area contributed by atoms with Gasteiger partial charge < -0.3 is 4.90 Å². The zero-order valence-electron chi connectivity index (χ0n) is 9.43. The third-order valence-corrected chi connectivity index (χ3v) is 2.86. The maximum absolute atomic E-state index is 11.7. The third kappa shape index (κ3) is 2.96. The third-order valence-electron chi connectivity index (χ3n) is 2.86. The smallest absolute Gasteiger partial charge is 0.226 e. The van der Waals surface area contributed by atoms with Crippen molar-refractivity contribution in [2.75, 3.05) is 6.54 Å². The normalized spacial score (nSPS) is 17.8. The van der Waals surface area contributed by atoms with E-state index in [4.69, 9.17) is 0 Å². The van der Waals surface area contributed by atoms with Crippen LogP contribution in [0.15, 0.2) is 36.5 Å². The van der Waals surface area contributed by atoms with Crippen LogP contribution < -0.4 is 0 Å². The minimum Gasteiger partial charge on any atom is -0.319 e. The molecule has 0 saturated carbocycles. The van der Waals surface area contributed by atoms with Crippen LogP contribution in [-0.2, 0) is 4.79 Å². The first-order valence-electron chi connectivity index (χ1n) is 5.89. The van der Waals surface area contributed by atoms with Gasteiger partial charge in [-0.1, -0.05) is 36.8 Å². The van der Waals surface area contributed by atoms with E-state index < -0.39 is 0 Å². The lowest BCUT2D eigenvalue weighted by Crippen LogP contribution is -2.24. The van der Waals surface area contributed by atoms with E-state index in [1.165, 1.54) is 6.42 Å². The maximum Gasteiger partial charge on any atom is 0.226 e. The van der Waals surface area contributed by atoms with Crippen LogP contribution in [0.4, 0.5) is 0 Å². The SMILES string of the molecule is O=C1CCCCCN1/C=C/c1ccccc1. The number of benzene rings is 1. The van der Waals surface area contributed by atoms with Crippen molar-refractivity contribution in [1.82, 2.24) is 4.90 Å². The van der Waals surface area contributed by atoms with Gasteiger partial charge in [0.25, 0.3) is 0 Å². The summed E-state index contributed by atoms with van der Waals surface area (Å²) in [5.41, 5.74) is 1.14. The van der Waals surface area contributed by atoms with Crippen molar-refractivity contribution in [3.63, 3.8) is 0 Å². The Kier molecular flexibility index (Phi) is 3.76. The summed E-state index contributed by atoms with van der Waals surface area (Å²) in [6.45, 7) is 0.863. The topological polar surface area (TPSA) is 20.3 Å². The molecule has 0 radical (unpaired) electrons. The van der Waals surface area contributed by atoms with E-state index in [1.807, 2.05) is 47.5 Å². The predicted molar refractivity (Wildman–Crippen MR) is 65.7 cm³/mol. The second kappa shape index (κ2) is 5.50. The quantitative estimate of drug-likeness (QED) is 0.742. The highest BCUT2D eigenvalue weighted by atomic mass is 16.2. The van der Waals surface area contributed by atoms with Gasteiger partial charge in [0.15, 0.2) is 0 Å². The Morgan fingerprint density at radius 3 is 2.69 bits per heavy atom. The molecule has 0 unspecified atom stereocenters. The fraction of sp³-hybridized carbons (Fsp3) is 0.357. The van der Waals surface area contributed by atoms with E-state index >= 15 is 0 Å². The van der Waals surface area contributed by atoms with Crippen molar-refractivity contribution in [2.45, 2.75) is 25.7 Å². The highest BCUT2D eigenvalue weighted by molar-refractivity contribution is 5.78. The first kappa shape index (κ1) is 10.9. The number of hydrogen-bond donors (Lipinski definition) is 0. The Labute approximate surface area is 96.6 Å². The lowest BCUT2D eigenvalue weighted by Gasteiger charge is -2.14. The number of amides is 1. The van der Waals surface area contributed by atoms with Gasteiger partial charge in [0.05, 0.1) is 0 Å². The number of rotatable bonds is 2. The van der Waals surface area contributed by atoms with E-state index in [9.17, 15) is 4.79 Å².